The van der Waals surface area contributed by atoms with Crippen molar-refractivity contribution in [3.63, 3.8) is 0 Å². The van der Waals surface area contributed by atoms with Gasteiger partial charge in [0.2, 0.25) is 0 Å². The van der Waals surface area contributed by atoms with Gasteiger partial charge < -0.3 is 0 Å². The van der Waals surface area contributed by atoms with E-state index in [-0.39, 0.29) is 0 Å². The Balaban J connectivity index is 2.87. The monoisotopic (exact) mass is 324 g/mol. The quantitative estimate of drug-likeness (QED) is 0.599. The highest BCUT2D eigenvalue weighted by molar-refractivity contribution is 8.35. The average molecular weight is 324 g/mol. The smallest absolute Gasteiger partial charge is 0.161 e. The summed E-state index contributed by atoms with van der Waals surface area (Å²) < 4.78 is 81.4. The molecule has 0 amide bonds. The van der Waals surface area contributed by atoms with Crippen molar-refractivity contribution in [3.8, 4) is 0 Å². The lowest BCUT2D eigenvalue weighted by Gasteiger charge is -2.42. The van der Waals surface area contributed by atoms with Gasteiger partial charge in [0, 0.05) is 19.8 Å². The zero-order valence-electron chi connectivity index (χ0n) is 10.4. The lowest BCUT2D eigenvalue weighted by atomic mass is 10.4. The van der Waals surface area contributed by atoms with Crippen LogP contribution >= 0.6 is 10.0 Å². The van der Waals surface area contributed by atoms with Gasteiger partial charge in [-0.25, -0.2) is 0 Å². The largest absolute Gasteiger partial charge is 0.440 e. The molecule has 0 aliphatic carbocycles. The Labute approximate surface area is 118 Å². The van der Waals surface area contributed by atoms with Crippen LogP contribution in [-0.4, -0.2) is 11.0 Å². The summed E-state index contributed by atoms with van der Waals surface area (Å²) in [5.41, 5.74) is -10.9. The first-order chi connectivity index (χ1) is 9.71. The topological polar surface area (TPSA) is 0 Å². The fourth-order valence-corrected chi connectivity index (χ4v) is 4.79. The van der Waals surface area contributed by atoms with E-state index in [1.54, 1.807) is 0 Å². The molecule has 0 nitrogen and oxygen atoms in total. The van der Waals surface area contributed by atoms with Crippen molar-refractivity contribution in [2.45, 2.75) is 20.8 Å². The molecule has 0 heterocycles. The molecule has 0 bridgehead atoms. The number of rotatable bonds is 2. The van der Waals surface area contributed by atoms with Gasteiger partial charge in [0.25, 0.3) is 0 Å². The first-order valence-electron chi connectivity index (χ1n) is 5.77. The lowest BCUT2D eigenvalue weighted by molar-refractivity contribution is -0.0800. The number of hydrogen-bond acceptors (Lipinski definition) is 0. The van der Waals surface area contributed by atoms with Crippen LogP contribution in [0, 0.1) is 0 Å². The van der Waals surface area contributed by atoms with Crippen molar-refractivity contribution in [2.75, 3.05) is 0 Å². The summed E-state index contributed by atoms with van der Waals surface area (Å²) in [6, 6.07) is 11.0. The molecule has 2 rings (SSSR count). The Morgan fingerprint density at radius 2 is 0.810 bits per heavy atom. The van der Waals surface area contributed by atoms with E-state index in [0.717, 1.165) is 24.3 Å². The minimum atomic E-state index is -5.44. The molecular weight excluding hydrogens is 314 g/mol. The third-order valence-corrected chi connectivity index (χ3v) is 6.24. The van der Waals surface area contributed by atoms with E-state index in [9.17, 15) is 26.3 Å². The maximum Gasteiger partial charge on any atom is 0.440 e. The number of alkyl halides is 6. The Hall–Kier alpha value is -1.63. The zero-order valence-corrected chi connectivity index (χ0v) is 11.3. The van der Waals surface area contributed by atoms with E-state index >= 15 is 0 Å². The lowest BCUT2D eigenvalue weighted by Crippen LogP contribution is -2.33. The van der Waals surface area contributed by atoms with E-state index in [2.05, 4.69) is 0 Å². The van der Waals surface area contributed by atoms with Gasteiger partial charge in [0.05, 0.1) is 0 Å². The van der Waals surface area contributed by atoms with Crippen LogP contribution in [0.3, 0.4) is 0 Å². The summed E-state index contributed by atoms with van der Waals surface area (Å²) >= 11 is 0. The third-order valence-electron chi connectivity index (χ3n) is 2.89. The van der Waals surface area contributed by atoms with E-state index in [1.807, 2.05) is 0 Å². The normalized spacial score (nSPS) is 14.0. The molecule has 0 unspecified atom stereocenters. The van der Waals surface area contributed by atoms with Crippen molar-refractivity contribution >= 4 is 10.0 Å². The summed E-state index contributed by atoms with van der Waals surface area (Å²) in [5.74, 6) is 0. The maximum absolute atomic E-state index is 13.6. The predicted octanol–water partition coefficient (Wildman–Crippen LogP) is 5.95. The van der Waals surface area contributed by atoms with E-state index in [4.69, 9.17) is 0 Å². The molecule has 2 aromatic rings. The Bertz CT molecular complexity index is 533. The van der Waals surface area contributed by atoms with Gasteiger partial charge in [0.15, 0.2) is 0 Å². The summed E-state index contributed by atoms with van der Waals surface area (Å²) in [6.45, 7) is 0. The van der Waals surface area contributed by atoms with Crippen LogP contribution < -0.4 is 0 Å². The molecule has 0 saturated carbocycles. The molecule has 0 aliphatic rings. The van der Waals surface area contributed by atoms with Crippen LogP contribution in [0.5, 0.6) is 0 Å². The molecule has 0 fully saturated rings. The van der Waals surface area contributed by atoms with E-state index in [0.29, 0.717) is 0 Å². The minimum absolute atomic E-state index is 0.767. The summed E-state index contributed by atoms with van der Waals surface area (Å²) in [5, 5.41) is 0. The van der Waals surface area contributed by atoms with Gasteiger partial charge in [-0.05, 0) is 24.3 Å². The maximum atomic E-state index is 13.6. The summed E-state index contributed by atoms with van der Waals surface area (Å²) in [7, 11) is -5.19. The van der Waals surface area contributed by atoms with Crippen LogP contribution in [0.2, 0.25) is 0 Å². The fraction of sp³-hybridized carbons (Fsp3) is 0.143. The van der Waals surface area contributed by atoms with Gasteiger partial charge in [-0.15, -0.1) is 0 Å². The Morgan fingerprint density at radius 3 is 1.05 bits per heavy atom. The van der Waals surface area contributed by atoms with Crippen molar-refractivity contribution in [1.29, 1.82) is 0 Å². The third kappa shape index (κ3) is 2.50. The van der Waals surface area contributed by atoms with Gasteiger partial charge >= 0.3 is 11.0 Å². The molecule has 114 valence electrons. The standard InChI is InChI=1S/C14H10F6S/c15-13(16,17)21(14(18,19)20,11-7-3-1-4-8-11)12-9-5-2-6-10-12/h1-10H. The highest BCUT2D eigenvalue weighted by Crippen LogP contribution is 2.80. The van der Waals surface area contributed by atoms with Gasteiger partial charge in [-0.2, -0.15) is 26.3 Å². The first-order valence-corrected chi connectivity index (χ1v) is 7.40. The predicted molar refractivity (Wildman–Crippen MR) is 69.1 cm³/mol. The number of halogens is 6. The molecule has 0 N–H and O–H groups in total. The van der Waals surface area contributed by atoms with Crippen LogP contribution in [-0.2, 0) is 0 Å². The van der Waals surface area contributed by atoms with E-state index in [1.165, 1.54) is 36.4 Å². The van der Waals surface area contributed by atoms with Crippen molar-refractivity contribution < 1.29 is 26.3 Å². The Kier molecular flexibility index (Phi) is 3.97. The highest BCUT2D eigenvalue weighted by Gasteiger charge is 2.68. The molecule has 0 spiro atoms. The van der Waals surface area contributed by atoms with Crippen molar-refractivity contribution in [2.24, 2.45) is 0 Å². The number of hydrogen-bond donors (Lipinski definition) is 0. The van der Waals surface area contributed by atoms with Gasteiger partial charge in [-0.1, -0.05) is 36.4 Å². The second-order valence-corrected chi connectivity index (χ2v) is 7.22. The zero-order chi connectivity index (χ0) is 15.7. The van der Waals surface area contributed by atoms with Gasteiger partial charge in [-0.3, -0.25) is 0 Å². The van der Waals surface area contributed by atoms with E-state index < -0.39 is 30.8 Å². The molecule has 2 aromatic carbocycles. The second kappa shape index (κ2) is 5.29. The Morgan fingerprint density at radius 1 is 0.524 bits per heavy atom. The summed E-state index contributed by atoms with van der Waals surface area (Å²) in [4.78, 5) is -1.53. The molecule has 0 aromatic heterocycles. The molecule has 0 saturated heterocycles. The molecule has 21 heavy (non-hydrogen) atoms. The molecule has 7 heteroatoms. The van der Waals surface area contributed by atoms with Crippen LogP contribution in [0.15, 0.2) is 70.5 Å². The highest BCUT2D eigenvalue weighted by atomic mass is 32.3. The first kappa shape index (κ1) is 15.8. The van der Waals surface area contributed by atoms with Gasteiger partial charge in [0.1, 0.15) is 0 Å². The minimum Gasteiger partial charge on any atom is -0.161 e. The fourth-order valence-electron chi connectivity index (χ4n) is 2.05. The van der Waals surface area contributed by atoms with Crippen molar-refractivity contribution in [3.05, 3.63) is 60.7 Å². The van der Waals surface area contributed by atoms with Crippen LogP contribution in [0.25, 0.3) is 0 Å². The van der Waals surface area contributed by atoms with Crippen LogP contribution in [0.1, 0.15) is 0 Å². The molecule has 0 aliphatic heterocycles. The second-order valence-electron chi connectivity index (χ2n) is 4.13. The van der Waals surface area contributed by atoms with Crippen molar-refractivity contribution in [1.82, 2.24) is 0 Å². The molecular formula is C14H10F6S. The molecule has 0 radical (unpaired) electrons. The molecule has 0 atom stereocenters. The average Bonchev–Trinajstić information content (AvgIpc) is 2.38. The SMILES string of the molecule is FC(F)(F)S(c1ccccc1)(c1ccccc1)C(F)(F)F. The summed E-state index contributed by atoms with van der Waals surface area (Å²) in [6.07, 6.45) is 0. The van der Waals surface area contributed by atoms with Crippen LogP contribution in [0.4, 0.5) is 26.3 Å². The number of benzene rings is 2.